The number of hydrogen-bond donors (Lipinski definition) is 1. The molecule has 2 saturated heterocycles. The fraction of sp³-hybridized carbons (Fsp3) is 0.529. The Labute approximate surface area is 130 Å². The monoisotopic (exact) mass is 302 g/mol. The highest BCUT2D eigenvalue weighted by Crippen LogP contribution is 2.31. The van der Waals surface area contributed by atoms with Gasteiger partial charge in [0.1, 0.15) is 5.54 Å². The van der Waals surface area contributed by atoms with Crippen molar-refractivity contribution in [3.05, 3.63) is 35.4 Å². The van der Waals surface area contributed by atoms with Crippen LogP contribution in [0, 0.1) is 6.92 Å². The van der Waals surface area contributed by atoms with Crippen LogP contribution in [0.2, 0.25) is 0 Å². The van der Waals surface area contributed by atoms with E-state index in [4.69, 9.17) is 4.74 Å². The van der Waals surface area contributed by atoms with Crippen molar-refractivity contribution in [1.29, 1.82) is 0 Å². The van der Waals surface area contributed by atoms with Crippen LogP contribution in [0.4, 0.5) is 4.79 Å². The molecule has 3 rings (SSSR count). The van der Waals surface area contributed by atoms with Crippen LogP contribution < -0.4 is 5.32 Å². The summed E-state index contributed by atoms with van der Waals surface area (Å²) < 4.78 is 5.57. The predicted octanol–water partition coefficient (Wildman–Crippen LogP) is 2.33. The lowest BCUT2D eigenvalue weighted by molar-refractivity contribution is -0.131. The number of nitrogens with one attached hydrogen (secondary N) is 1. The van der Waals surface area contributed by atoms with Crippen molar-refractivity contribution in [3.63, 3.8) is 0 Å². The van der Waals surface area contributed by atoms with Crippen LogP contribution in [-0.2, 0) is 15.1 Å². The minimum Gasteiger partial charge on any atom is -0.378 e. The Morgan fingerprint density at radius 3 is 2.82 bits per heavy atom. The molecule has 22 heavy (non-hydrogen) atoms. The molecule has 0 saturated carbocycles. The normalized spacial score (nSPS) is 28.3. The van der Waals surface area contributed by atoms with Crippen LogP contribution in [-0.4, -0.2) is 36.1 Å². The standard InChI is InChI=1S/C17H22N2O3/c1-12-6-3-4-8-14(12)17(2)15(20)19(16(21)18-17)10-9-13-7-5-11-22-13/h3-4,6,8,13H,5,7,9-11H2,1-2H3,(H,18,21)/t13-,17+/m0/s1. The molecule has 2 aliphatic rings. The summed E-state index contributed by atoms with van der Waals surface area (Å²) in [6.07, 6.45) is 2.96. The maximum Gasteiger partial charge on any atom is 0.325 e. The van der Waals surface area contributed by atoms with Gasteiger partial charge in [-0.15, -0.1) is 0 Å². The number of amides is 3. The summed E-state index contributed by atoms with van der Waals surface area (Å²) in [4.78, 5) is 26.4. The molecule has 0 radical (unpaired) electrons. The van der Waals surface area contributed by atoms with Crippen LogP contribution in [0.25, 0.3) is 0 Å². The number of urea groups is 1. The molecule has 5 heteroatoms. The molecule has 2 fully saturated rings. The van der Waals surface area contributed by atoms with Gasteiger partial charge in [0.15, 0.2) is 0 Å². The minimum absolute atomic E-state index is 0.172. The first-order valence-electron chi connectivity index (χ1n) is 7.84. The highest BCUT2D eigenvalue weighted by Gasteiger charge is 2.49. The van der Waals surface area contributed by atoms with E-state index in [0.29, 0.717) is 13.0 Å². The maximum absolute atomic E-state index is 12.8. The van der Waals surface area contributed by atoms with E-state index in [1.165, 1.54) is 4.90 Å². The largest absolute Gasteiger partial charge is 0.378 e. The second-order valence-electron chi connectivity index (χ2n) is 6.25. The summed E-state index contributed by atoms with van der Waals surface area (Å²) in [6.45, 7) is 4.93. The predicted molar refractivity (Wildman–Crippen MR) is 82.4 cm³/mol. The highest BCUT2D eigenvalue weighted by molar-refractivity contribution is 6.07. The van der Waals surface area contributed by atoms with E-state index in [2.05, 4.69) is 5.32 Å². The second kappa shape index (κ2) is 5.72. The third-order valence-corrected chi connectivity index (χ3v) is 4.66. The molecule has 1 N–H and O–H groups in total. The Morgan fingerprint density at radius 2 is 2.14 bits per heavy atom. The summed E-state index contributed by atoms with van der Waals surface area (Å²) in [5, 5.41) is 2.86. The van der Waals surface area contributed by atoms with Crippen LogP contribution in [0.1, 0.15) is 37.3 Å². The molecule has 0 bridgehead atoms. The van der Waals surface area contributed by atoms with E-state index in [9.17, 15) is 9.59 Å². The summed E-state index contributed by atoms with van der Waals surface area (Å²) >= 11 is 0. The van der Waals surface area contributed by atoms with Gasteiger partial charge in [0.25, 0.3) is 5.91 Å². The van der Waals surface area contributed by atoms with E-state index in [1.54, 1.807) is 6.92 Å². The van der Waals surface area contributed by atoms with Crippen LogP contribution in [0.5, 0.6) is 0 Å². The Hall–Kier alpha value is -1.88. The number of aryl methyl sites for hydroxylation is 1. The van der Waals surface area contributed by atoms with Crippen molar-refractivity contribution in [2.75, 3.05) is 13.2 Å². The van der Waals surface area contributed by atoms with Crippen LogP contribution in [0.3, 0.4) is 0 Å². The Bertz CT molecular complexity index is 595. The topological polar surface area (TPSA) is 58.6 Å². The highest BCUT2D eigenvalue weighted by atomic mass is 16.5. The Morgan fingerprint density at radius 1 is 1.36 bits per heavy atom. The molecular formula is C17H22N2O3. The van der Waals surface area contributed by atoms with E-state index in [0.717, 1.165) is 30.6 Å². The van der Waals surface area contributed by atoms with Crippen molar-refractivity contribution in [1.82, 2.24) is 10.2 Å². The quantitative estimate of drug-likeness (QED) is 0.868. The lowest BCUT2D eigenvalue weighted by atomic mass is 9.88. The van der Waals surface area contributed by atoms with Gasteiger partial charge in [-0.05, 0) is 44.2 Å². The van der Waals surface area contributed by atoms with E-state index < -0.39 is 5.54 Å². The average Bonchev–Trinajstić information content (AvgIpc) is 3.07. The first-order valence-corrected chi connectivity index (χ1v) is 7.84. The molecule has 2 aliphatic heterocycles. The first kappa shape index (κ1) is 15.0. The lowest BCUT2D eigenvalue weighted by Crippen LogP contribution is -2.41. The molecule has 0 unspecified atom stereocenters. The van der Waals surface area contributed by atoms with Crippen molar-refractivity contribution >= 4 is 11.9 Å². The molecule has 2 atom stereocenters. The van der Waals surface area contributed by atoms with E-state index >= 15 is 0 Å². The zero-order valence-corrected chi connectivity index (χ0v) is 13.1. The maximum atomic E-state index is 12.8. The Kier molecular flexibility index (Phi) is 3.91. The van der Waals surface area contributed by atoms with Gasteiger partial charge >= 0.3 is 6.03 Å². The summed E-state index contributed by atoms with van der Waals surface area (Å²) in [7, 11) is 0. The van der Waals surface area contributed by atoms with E-state index in [-0.39, 0.29) is 18.0 Å². The van der Waals surface area contributed by atoms with Crippen molar-refractivity contribution in [2.24, 2.45) is 0 Å². The zero-order valence-electron chi connectivity index (χ0n) is 13.1. The molecule has 0 aliphatic carbocycles. The van der Waals surface area contributed by atoms with Gasteiger partial charge in [-0.2, -0.15) is 0 Å². The molecule has 118 valence electrons. The second-order valence-corrected chi connectivity index (χ2v) is 6.25. The zero-order chi connectivity index (χ0) is 15.7. The first-order chi connectivity index (χ1) is 10.5. The average molecular weight is 302 g/mol. The van der Waals surface area contributed by atoms with Crippen molar-refractivity contribution < 1.29 is 14.3 Å². The Balaban J connectivity index is 1.77. The third kappa shape index (κ3) is 2.50. The van der Waals surface area contributed by atoms with Gasteiger partial charge in [0, 0.05) is 13.2 Å². The fourth-order valence-corrected chi connectivity index (χ4v) is 3.36. The molecular weight excluding hydrogens is 280 g/mol. The van der Waals surface area contributed by atoms with Gasteiger partial charge in [-0.25, -0.2) is 4.79 Å². The molecule has 1 aromatic carbocycles. The van der Waals surface area contributed by atoms with E-state index in [1.807, 2.05) is 31.2 Å². The smallest absolute Gasteiger partial charge is 0.325 e. The third-order valence-electron chi connectivity index (χ3n) is 4.66. The molecule has 5 nitrogen and oxygen atoms in total. The lowest BCUT2D eigenvalue weighted by Gasteiger charge is -2.24. The van der Waals surface area contributed by atoms with Crippen molar-refractivity contribution in [3.8, 4) is 0 Å². The summed E-state index contributed by atoms with van der Waals surface area (Å²) in [6, 6.07) is 7.36. The number of nitrogens with zero attached hydrogens (tertiary/aromatic N) is 1. The number of ether oxygens (including phenoxy) is 1. The van der Waals surface area contributed by atoms with Gasteiger partial charge in [-0.3, -0.25) is 9.69 Å². The van der Waals surface area contributed by atoms with Crippen LogP contribution >= 0.6 is 0 Å². The molecule has 1 aromatic rings. The fourth-order valence-electron chi connectivity index (χ4n) is 3.36. The molecule has 2 heterocycles. The number of carbonyl (C=O) groups is 2. The van der Waals surface area contributed by atoms with Gasteiger partial charge in [0.05, 0.1) is 6.10 Å². The molecule has 0 aromatic heterocycles. The molecule has 3 amide bonds. The minimum atomic E-state index is -0.973. The van der Waals surface area contributed by atoms with Crippen LogP contribution in [0.15, 0.2) is 24.3 Å². The van der Waals surface area contributed by atoms with Crippen molar-refractivity contribution in [2.45, 2.75) is 44.8 Å². The number of benzene rings is 1. The van der Waals surface area contributed by atoms with Gasteiger partial charge < -0.3 is 10.1 Å². The SMILES string of the molecule is Cc1ccccc1[C@@]1(C)NC(=O)N(CC[C@@H]2CCCO2)C1=O. The van der Waals surface area contributed by atoms with Gasteiger partial charge in [-0.1, -0.05) is 24.3 Å². The molecule has 0 spiro atoms. The number of imide groups is 1. The number of carbonyl (C=O) groups excluding carboxylic acids is 2. The summed E-state index contributed by atoms with van der Waals surface area (Å²) in [5.41, 5.74) is 0.881. The summed E-state index contributed by atoms with van der Waals surface area (Å²) in [5.74, 6) is -0.176. The number of hydrogen-bond acceptors (Lipinski definition) is 3. The number of rotatable bonds is 4. The van der Waals surface area contributed by atoms with Gasteiger partial charge in [0.2, 0.25) is 0 Å².